The Labute approximate surface area is 185 Å². The normalized spacial score (nSPS) is 20.7. The summed E-state index contributed by atoms with van der Waals surface area (Å²) in [5.74, 6) is 0.768. The third kappa shape index (κ3) is 3.07. The summed E-state index contributed by atoms with van der Waals surface area (Å²) >= 11 is 0. The minimum atomic E-state index is -0.160. The molecule has 0 radical (unpaired) electrons. The SMILES string of the molecule is C[C@H]1CC2(CCN(c3nc4cnn(-c5ccc6c(cnn6C)c5)c4nc3CO)CC2)CO1. The van der Waals surface area contributed by atoms with Crippen molar-refractivity contribution in [2.45, 2.75) is 38.9 Å². The van der Waals surface area contributed by atoms with E-state index in [1.807, 2.05) is 36.1 Å². The second-order valence-electron chi connectivity index (χ2n) is 9.24. The van der Waals surface area contributed by atoms with Gasteiger partial charge in [0.1, 0.15) is 11.2 Å². The summed E-state index contributed by atoms with van der Waals surface area (Å²) in [5.41, 5.74) is 4.20. The van der Waals surface area contributed by atoms with Gasteiger partial charge in [0.2, 0.25) is 0 Å². The molecule has 166 valence electrons. The first kappa shape index (κ1) is 19.6. The van der Waals surface area contributed by atoms with Crippen LogP contribution >= 0.6 is 0 Å². The average Bonchev–Trinajstić information content (AvgIpc) is 3.50. The summed E-state index contributed by atoms with van der Waals surface area (Å²) in [4.78, 5) is 11.9. The molecule has 0 aliphatic carbocycles. The number of ether oxygens (including phenoxy) is 1. The van der Waals surface area contributed by atoms with Crippen LogP contribution in [0.4, 0.5) is 5.82 Å². The summed E-state index contributed by atoms with van der Waals surface area (Å²) < 4.78 is 9.48. The maximum absolute atomic E-state index is 10.1. The molecule has 2 aliphatic heterocycles. The summed E-state index contributed by atoms with van der Waals surface area (Å²) in [6, 6.07) is 6.06. The van der Waals surface area contributed by atoms with Crippen LogP contribution in [0.2, 0.25) is 0 Å². The quantitative estimate of drug-likeness (QED) is 0.531. The molecule has 1 atom stereocenters. The van der Waals surface area contributed by atoms with Crippen LogP contribution < -0.4 is 4.90 Å². The van der Waals surface area contributed by atoms with Crippen molar-refractivity contribution in [1.29, 1.82) is 0 Å². The zero-order chi connectivity index (χ0) is 21.9. The van der Waals surface area contributed by atoms with Gasteiger partial charge in [-0.15, -0.1) is 0 Å². The smallest absolute Gasteiger partial charge is 0.182 e. The van der Waals surface area contributed by atoms with E-state index in [1.165, 1.54) is 0 Å². The first-order valence-electron chi connectivity index (χ1n) is 11.2. The fourth-order valence-corrected chi connectivity index (χ4v) is 5.29. The van der Waals surface area contributed by atoms with E-state index in [4.69, 9.17) is 14.7 Å². The number of anilines is 1. The van der Waals surface area contributed by atoms with Gasteiger partial charge in [-0.3, -0.25) is 4.68 Å². The molecular formula is C23H27N7O2. The van der Waals surface area contributed by atoms with Gasteiger partial charge < -0.3 is 14.7 Å². The largest absolute Gasteiger partial charge is 0.390 e. The van der Waals surface area contributed by atoms with Crippen LogP contribution in [0.1, 0.15) is 31.9 Å². The van der Waals surface area contributed by atoms with Crippen molar-refractivity contribution in [2.24, 2.45) is 12.5 Å². The summed E-state index contributed by atoms with van der Waals surface area (Å²) in [7, 11) is 1.93. The highest BCUT2D eigenvalue weighted by Crippen LogP contribution is 2.42. The highest BCUT2D eigenvalue weighted by molar-refractivity contribution is 5.82. The molecule has 0 unspecified atom stereocenters. The molecule has 6 rings (SSSR count). The molecule has 1 spiro atoms. The van der Waals surface area contributed by atoms with Gasteiger partial charge in [-0.25, -0.2) is 14.6 Å². The standard InChI is InChI=1S/C23H27N7O2/c1-15-10-23(14-32-15)5-7-29(8-6-23)21-19(13-31)27-22-18(26-21)12-25-30(22)17-3-4-20-16(9-17)11-24-28(20)2/h3-4,9,11-12,15,31H,5-8,10,13-14H2,1-2H3/t15-/m0/s1. The summed E-state index contributed by atoms with van der Waals surface area (Å²) in [6.45, 7) is 4.65. The Bertz CT molecular complexity index is 1300. The molecule has 0 bridgehead atoms. The van der Waals surface area contributed by atoms with Gasteiger partial charge in [0.05, 0.1) is 42.9 Å². The molecule has 4 aromatic rings. The zero-order valence-corrected chi connectivity index (χ0v) is 18.4. The number of piperidine rings is 1. The number of aromatic nitrogens is 6. The van der Waals surface area contributed by atoms with Crippen LogP contribution in [0.25, 0.3) is 27.8 Å². The Balaban J connectivity index is 1.34. The highest BCUT2D eigenvalue weighted by atomic mass is 16.5. The number of rotatable bonds is 3. The van der Waals surface area contributed by atoms with E-state index in [0.29, 0.717) is 22.9 Å². The molecule has 0 saturated carbocycles. The fourth-order valence-electron chi connectivity index (χ4n) is 5.29. The lowest BCUT2D eigenvalue weighted by Gasteiger charge is -2.39. The number of aliphatic hydroxyl groups excluding tert-OH is 1. The Morgan fingerprint density at radius 1 is 1.16 bits per heavy atom. The molecular weight excluding hydrogens is 406 g/mol. The first-order chi connectivity index (χ1) is 15.5. The maximum Gasteiger partial charge on any atom is 0.182 e. The lowest BCUT2D eigenvalue weighted by molar-refractivity contribution is 0.0975. The molecule has 32 heavy (non-hydrogen) atoms. The number of fused-ring (bicyclic) bond motifs is 2. The molecule has 5 heterocycles. The van der Waals surface area contributed by atoms with Crippen molar-refractivity contribution in [1.82, 2.24) is 29.5 Å². The van der Waals surface area contributed by atoms with Gasteiger partial charge in [0.25, 0.3) is 0 Å². The van der Waals surface area contributed by atoms with Crippen LogP contribution in [-0.2, 0) is 18.4 Å². The average molecular weight is 434 g/mol. The van der Waals surface area contributed by atoms with E-state index < -0.39 is 0 Å². The predicted octanol–water partition coefficient (Wildman–Crippen LogP) is 2.59. The van der Waals surface area contributed by atoms with Gasteiger partial charge in [0.15, 0.2) is 11.5 Å². The van der Waals surface area contributed by atoms with E-state index in [1.54, 1.807) is 10.9 Å². The Kier molecular flexibility index (Phi) is 4.44. The molecule has 2 fully saturated rings. The van der Waals surface area contributed by atoms with E-state index in [-0.39, 0.29) is 6.61 Å². The second kappa shape index (κ2) is 7.25. The molecule has 2 saturated heterocycles. The van der Waals surface area contributed by atoms with E-state index in [2.05, 4.69) is 22.0 Å². The predicted molar refractivity (Wildman–Crippen MR) is 121 cm³/mol. The Morgan fingerprint density at radius 3 is 2.75 bits per heavy atom. The first-order valence-corrected chi connectivity index (χ1v) is 11.2. The summed E-state index contributed by atoms with van der Waals surface area (Å²) in [5, 5.41) is 20.0. The summed E-state index contributed by atoms with van der Waals surface area (Å²) in [6.07, 6.45) is 7.22. The third-order valence-electron chi connectivity index (χ3n) is 7.09. The van der Waals surface area contributed by atoms with Gasteiger partial charge in [-0.1, -0.05) is 0 Å². The molecule has 9 heteroatoms. The number of benzene rings is 1. The third-order valence-corrected chi connectivity index (χ3v) is 7.09. The van der Waals surface area contributed by atoms with Crippen LogP contribution in [0.15, 0.2) is 30.6 Å². The van der Waals surface area contributed by atoms with Crippen molar-refractivity contribution in [2.75, 3.05) is 24.6 Å². The Hall–Kier alpha value is -3.04. The monoisotopic (exact) mass is 433 g/mol. The minimum absolute atomic E-state index is 0.160. The number of hydrogen-bond acceptors (Lipinski definition) is 7. The van der Waals surface area contributed by atoms with Gasteiger partial charge in [-0.05, 0) is 49.8 Å². The number of aliphatic hydroxyl groups is 1. The minimum Gasteiger partial charge on any atom is -0.390 e. The molecule has 0 amide bonds. The maximum atomic E-state index is 10.1. The van der Waals surface area contributed by atoms with Gasteiger partial charge in [-0.2, -0.15) is 10.2 Å². The van der Waals surface area contributed by atoms with Crippen molar-refractivity contribution >= 4 is 27.9 Å². The van der Waals surface area contributed by atoms with E-state index in [0.717, 1.165) is 66.9 Å². The van der Waals surface area contributed by atoms with Crippen molar-refractivity contribution in [3.63, 3.8) is 0 Å². The van der Waals surface area contributed by atoms with Crippen molar-refractivity contribution in [3.8, 4) is 5.69 Å². The fraction of sp³-hybridized carbons (Fsp3) is 0.478. The Morgan fingerprint density at radius 2 is 2.00 bits per heavy atom. The van der Waals surface area contributed by atoms with Crippen LogP contribution in [-0.4, -0.2) is 60.4 Å². The van der Waals surface area contributed by atoms with Crippen LogP contribution in [0, 0.1) is 5.41 Å². The molecule has 9 nitrogen and oxygen atoms in total. The van der Waals surface area contributed by atoms with Gasteiger partial charge >= 0.3 is 0 Å². The van der Waals surface area contributed by atoms with Crippen molar-refractivity contribution in [3.05, 3.63) is 36.3 Å². The topological polar surface area (TPSA) is 94.1 Å². The number of aryl methyl sites for hydroxylation is 1. The van der Waals surface area contributed by atoms with E-state index >= 15 is 0 Å². The lowest BCUT2D eigenvalue weighted by Crippen LogP contribution is -2.41. The molecule has 3 aromatic heterocycles. The van der Waals surface area contributed by atoms with Gasteiger partial charge in [0, 0.05) is 25.5 Å². The molecule has 1 N–H and O–H groups in total. The van der Waals surface area contributed by atoms with E-state index in [9.17, 15) is 5.11 Å². The zero-order valence-electron chi connectivity index (χ0n) is 18.4. The number of nitrogens with zero attached hydrogens (tertiary/aromatic N) is 7. The lowest BCUT2D eigenvalue weighted by atomic mass is 9.77. The highest BCUT2D eigenvalue weighted by Gasteiger charge is 2.41. The molecule has 1 aromatic carbocycles. The van der Waals surface area contributed by atoms with Crippen LogP contribution in [0.3, 0.4) is 0 Å². The van der Waals surface area contributed by atoms with Crippen LogP contribution in [0.5, 0.6) is 0 Å². The number of hydrogen-bond donors (Lipinski definition) is 1. The molecule has 2 aliphatic rings. The second-order valence-corrected chi connectivity index (χ2v) is 9.24. The van der Waals surface area contributed by atoms with Crippen molar-refractivity contribution < 1.29 is 9.84 Å².